The first-order valence-corrected chi connectivity index (χ1v) is 6.61. The third-order valence-electron chi connectivity index (χ3n) is 3.38. The van der Waals surface area contributed by atoms with Crippen LogP contribution in [0, 0.1) is 23.7 Å². The van der Waals surface area contributed by atoms with Crippen LogP contribution in [0.25, 0.3) is 0 Å². The molecule has 0 unspecified atom stereocenters. The molecular formula is C16H24N2. The van der Waals surface area contributed by atoms with E-state index in [4.69, 9.17) is 5.26 Å². The first-order chi connectivity index (χ1) is 8.44. The molecule has 0 bridgehead atoms. The van der Waals surface area contributed by atoms with Gasteiger partial charge in [0.2, 0.25) is 0 Å². The molecule has 0 saturated carbocycles. The molecule has 1 aromatic rings. The van der Waals surface area contributed by atoms with Crippen LogP contribution in [0.5, 0.6) is 0 Å². The van der Waals surface area contributed by atoms with Crippen molar-refractivity contribution in [1.82, 2.24) is 5.32 Å². The molecule has 1 atom stereocenters. The summed E-state index contributed by atoms with van der Waals surface area (Å²) in [5.74, 6) is 0. The summed E-state index contributed by atoms with van der Waals surface area (Å²) in [6.07, 6.45) is 1.57. The lowest BCUT2D eigenvalue weighted by atomic mass is 9.87. The molecule has 0 aliphatic heterocycles. The van der Waals surface area contributed by atoms with E-state index in [1.165, 1.54) is 11.1 Å². The van der Waals surface area contributed by atoms with E-state index in [1.54, 1.807) is 0 Å². The highest BCUT2D eigenvalue weighted by atomic mass is 14.9. The van der Waals surface area contributed by atoms with Gasteiger partial charge in [-0.1, -0.05) is 43.7 Å². The SMILES string of the molecule is Cc1ccc([C@@H](C)NCC(C)(C)CCC#N)cc1. The van der Waals surface area contributed by atoms with Crippen LogP contribution in [0.4, 0.5) is 0 Å². The van der Waals surface area contributed by atoms with Gasteiger partial charge in [0, 0.05) is 19.0 Å². The lowest BCUT2D eigenvalue weighted by Gasteiger charge is -2.26. The Morgan fingerprint density at radius 2 is 1.89 bits per heavy atom. The van der Waals surface area contributed by atoms with E-state index in [9.17, 15) is 0 Å². The molecule has 0 amide bonds. The lowest BCUT2D eigenvalue weighted by Crippen LogP contribution is -2.31. The number of nitrogens with one attached hydrogen (secondary N) is 1. The number of benzene rings is 1. The van der Waals surface area contributed by atoms with Gasteiger partial charge in [-0.25, -0.2) is 0 Å². The molecule has 0 heterocycles. The van der Waals surface area contributed by atoms with Gasteiger partial charge in [-0.15, -0.1) is 0 Å². The van der Waals surface area contributed by atoms with Gasteiger partial charge >= 0.3 is 0 Å². The maximum atomic E-state index is 8.64. The van der Waals surface area contributed by atoms with Crippen LogP contribution in [-0.2, 0) is 0 Å². The molecule has 1 aromatic carbocycles. The Kier molecular flexibility index (Phi) is 5.37. The Bertz CT molecular complexity index is 398. The van der Waals surface area contributed by atoms with E-state index in [2.05, 4.69) is 63.3 Å². The van der Waals surface area contributed by atoms with E-state index >= 15 is 0 Å². The van der Waals surface area contributed by atoms with E-state index in [0.717, 1.165) is 13.0 Å². The zero-order valence-electron chi connectivity index (χ0n) is 12.0. The van der Waals surface area contributed by atoms with Gasteiger partial charge in [-0.2, -0.15) is 5.26 Å². The molecule has 98 valence electrons. The second kappa shape index (κ2) is 6.56. The standard InChI is InChI=1S/C16H24N2/c1-13-6-8-15(9-7-13)14(2)18-12-16(3,4)10-5-11-17/h6-9,14,18H,5,10,12H2,1-4H3/t14-/m1/s1. The summed E-state index contributed by atoms with van der Waals surface area (Å²) in [6.45, 7) is 9.64. The van der Waals surface area contributed by atoms with Crippen molar-refractivity contribution in [1.29, 1.82) is 5.26 Å². The summed E-state index contributed by atoms with van der Waals surface area (Å²) in [7, 11) is 0. The lowest BCUT2D eigenvalue weighted by molar-refractivity contribution is 0.305. The van der Waals surface area contributed by atoms with E-state index in [1.807, 2.05) is 0 Å². The Morgan fingerprint density at radius 1 is 1.28 bits per heavy atom. The highest BCUT2D eigenvalue weighted by Gasteiger charge is 2.18. The van der Waals surface area contributed by atoms with Gasteiger partial charge in [0.1, 0.15) is 0 Å². The van der Waals surface area contributed by atoms with Crippen LogP contribution >= 0.6 is 0 Å². The topological polar surface area (TPSA) is 35.8 Å². The maximum Gasteiger partial charge on any atom is 0.0621 e. The van der Waals surface area contributed by atoms with Gasteiger partial charge in [-0.05, 0) is 31.2 Å². The van der Waals surface area contributed by atoms with Gasteiger partial charge in [-0.3, -0.25) is 0 Å². The Morgan fingerprint density at radius 3 is 2.44 bits per heavy atom. The van der Waals surface area contributed by atoms with Crippen molar-refractivity contribution < 1.29 is 0 Å². The monoisotopic (exact) mass is 244 g/mol. The molecule has 0 radical (unpaired) electrons. The minimum atomic E-state index is 0.175. The van der Waals surface area contributed by atoms with Crippen LogP contribution in [0.2, 0.25) is 0 Å². The third-order valence-corrected chi connectivity index (χ3v) is 3.38. The maximum absolute atomic E-state index is 8.64. The zero-order valence-corrected chi connectivity index (χ0v) is 12.0. The van der Waals surface area contributed by atoms with Crippen LogP contribution in [0.1, 0.15) is 50.8 Å². The minimum Gasteiger partial charge on any atom is -0.310 e. The van der Waals surface area contributed by atoms with E-state index in [-0.39, 0.29) is 5.41 Å². The number of hydrogen-bond donors (Lipinski definition) is 1. The van der Waals surface area contributed by atoms with Crippen LogP contribution in [0.3, 0.4) is 0 Å². The number of nitrogens with zero attached hydrogens (tertiary/aromatic N) is 1. The molecule has 2 heteroatoms. The van der Waals surface area contributed by atoms with E-state index in [0.29, 0.717) is 12.5 Å². The summed E-state index contributed by atoms with van der Waals surface area (Å²) in [5.41, 5.74) is 2.78. The third kappa shape index (κ3) is 4.89. The molecule has 0 aliphatic carbocycles. The van der Waals surface area contributed by atoms with Crippen molar-refractivity contribution in [3.8, 4) is 6.07 Å². The van der Waals surface area contributed by atoms with Crippen LogP contribution < -0.4 is 5.32 Å². The van der Waals surface area contributed by atoms with Crippen molar-refractivity contribution in [2.75, 3.05) is 6.54 Å². The molecule has 18 heavy (non-hydrogen) atoms. The zero-order chi connectivity index (χ0) is 13.6. The van der Waals surface area contributed by atoms with Crippen molar-refractivity contribution in [2.24, 2.45) is 5.41 Å². The fourth-order valence-electron chi connectivity index (χ4n) is 1.89. The minimum absolute atomic E-state index is 0.175. The van der Waals surface area contributed by atoms with E-state index < -0.39 is 0 Å². The van der Waals surface area contributed by atoms with Gasteiger partial charge in [0.25, 0.3) is 0 Å². The molecule has 1 N–H and O–H groups in total. The Balaban J connectivity index is 2.48. The summed E-state index contributed by atoms with van der Waals surface area (Å²) in [4.78, 5) is 0. The summed E-state index contributed by atoms with van der Waals surface area (Å²) in [6, 6.07) is 11.2. The first-order valence-electron chi connectivity index (χ1n) is 6.61. The predicted molar refractivity (Wildman–Crippen MR) is 76.2 cm³/mol. The molecule has 0 aromatic heterocycles. The van der Waals surface area contributed by atoms with Gasteiger partial charge in [0.15, 0.2) is 0 Å². The number of hydrogen-bond acceptors (Lipinski definition) is 2. The summed E-state index contributed by atoms with van der Waals surface area (Å²) < 4.78 is 0. The highest BCUT2D eigenvalue weighted by Crippen LogP contribution is 2.22. The van der Waals surface area contributed by atoms with Crippen molar-refractivity contribution in [3.63, 3.8) is 0 Å². The average Bonchev–Trinajstić information content (AvgIpc) is 2.35. The quantitative estimate of drug-likeness (QED) is 0.821. The number of nitriles is 1. The molecule has 0 spiro atoms. The van der Waals surface area contributed by atoms with Crippen molar-refractivity contribution in [3.05, 3.63) is 35.4 Å². The summed E-state index contributed by atoms with van der Waals surface area (Å²) >= 11 is 0. The summed E-state index contributed by atoms with van der Waals surface area (Å²) in [5, 5.41) is 12.2. The second-order valence-electron chi connectivity index (χ2n) is 5.84. The normalized spacial score (nSPS) is 13.1. The Labute approximate surface area is 111 Å². The van der Waals surface area contributed by atoms with Crippen molar-refractivity contribution >= 4 is 0 Å². The smallest absolute Gasteiger partial charge is 0.0621 e. The number of aryl methyl sites for hydroxylation is 1. The van der Waals surface area contributed by atoms with Gasteiger partial charge in [0.05, 0.1) is 6.07 Å². The Hall–Kier alpha value is -1.33. The largest absolute Gasteiger partial charge is 0.310 e. The molecular weight excluding hydrogens is 220 g/mol. The molecule has 2 nitrogen and oxygen atoms in total. The number of rotatable bonds is 6. The highest BCUT2D eigenvalue weighted by molar-refractivity contribution is 5.23. The van der Waals surface area contributed by atoms with Gasteiger partial charge < -0.3 is 5.32 Å². The van der Waals surface area contributed by atoms with Crippen LogP contribution in [0.15, 0.2) is 24.3 Å². The molecule has 0 aliphatic rings. The van der Waals surface area contributed by atoms with Crippen LogP contribution in [-0.4, -0.2) is 6.54 Å². The fraction of sp³-hybridized carbons (Fsp3) is 0.562. The molecule has 1 rings (SSSR count). The first kappa shape index (κ1) is 14.7. The predicted octanol–water partition coefficient (Wildman–Crippen LogP) is 3.98. The molecule has 0 saturated heterocycles. The molecule has 0 fully saturated rings. The van der Waals surface area contributed by atoms with Crippen molar-refractivity contribution in [2.45, 2.75) is 46.6 Å². The fourth-order valence-corrected chi connectivity index (χ4v) is 1.89. The second-order valence-corrected chi connectivity index (χ2v) is 5.84. The average molecular weight is 244 g/mol.